The largest absolute Gasteiger partial charge is 0.328 e. The van der Waals surface area contributed by atoms with Crippen molar-refractivity contribution < 1.29 is 4.79 Å². The normalized spacial score (nSPS) is 10.3. The van der Waals surface area contributed by atoms with E-state index in [1.165, 1.54) is 0 Å². The minimum absolute atomic E-state index is 0.140. The molecule has 5 nitrogen and oxygen atoms in total. The lowest BCUT2D eigenvalue weighted by Gasteiger charge is -2.14. The maximum atomic E-state index is 11.7. The Balaban J connectivity index is 1.98. The summed E-state index contributed by atoms with van der Waals surface area (Å²) >= 11 is 5.84. The van der Waals surface area contributed by atoms with E-state index < -0.39 is 0 Å². The van der Waals surface area contributed by atoms with E-state index in [2.05, 4.69) is 10.4 Å². The van der Waals surface area contributed by atoms with Crippen molar-refractivity contribution in [1.82, 2.24) is 14.7 Å². The molecule has 0 atom stereocenters. The van der Waals surface area contributed by atoms with Gasteiger partial charge in [0.2, 0.25) is 0 Å². The molecule has 2 amide bonds. The van der Waals surface area contributed by atoms with Gasteiger partial charge in [0.05, 0.1) is 18.4 Å². The van der Waals surface area contributed by atoms with Crippen molar-refractivity contribution in [3.63, 3.8) is 0 Å². The van der Waals surface area contributed by atoms with Gasteiger partial charge in [0.15, 0.2) is 0 Å². The van der Waals surface area contributed by atoms with Crippen LogP contribution in [0.5, 0.6) is 0 Å². The van der Waals surface area contributed by atoms with E-state index in [0.717, 1.165) is 5.56 Å². The quantitative estimate of drug-likeness (QED) is 0.941. The summed E-state index contributed by atoms with van der Waals surface area (Å²) in [4.78, 5) is 13.3. The molecule has 0 saturated carbocycles. The molecule has 106 valence electrons. The van der Waals surface area contributed by atoms with Crippen LogP contribution in [0.4, 0.5) is 10.5 Å². The fourth-order valence-electron chi connectivity index (χ4n) is 1.65. The number of nitrogens with one attached hydrogen (secondary N) is 1. The summed E-state index contributed by atoms with van der Waals surface area (Å²) in [5.74, 6) is 0. The van der Waals surface area contributed by atoms with Gasteiger partial charge in [0.1, 0.15) is 0 Å². The molecule has 1 N–H and O–H groups in total. The molecule has 1 aromatic heterocycles. The lowest BCUT2D eigenvalue weighted by Crippen LogP contribution is -2.30. The first-order chi connectivity index (χ1) is 9.58. The average molecular weight is 293 g/mol. The predicted molar refractivity (Wildman–Crippen MR) is 80.1 cm³/mol. The lowest BCUT2D eigenvalue weighted by atomic mass is 10.2. The Morgan fingerprint density at radius 2 is 2.10 bits per heavy atom. The van der Waals surface area contributed by atoms with Crippen molar-refractivity contribution in [3.8, 4) is 0 Å². The summed E-state index contributed by atoms with van der Waals surface area (Å²) in [5, 5.41) is 7.73. The van der Waals surface area contributed by atoms with Crippen LogP contribution in [-0.4, -0.2) is 34.3 Å². The molecule has 0 aliphatic rings. The van der Waals surface area contributed by atoms with Gasteiger partial charge in [0, 0.05) is 24.8 Å². The number of benzene rings is 1. The zero-order chi connectivity index (χ0) is 14.5. The van der Waals surface area contributed by atoms with Gasteiger partial charge < -0.3 is 10.2 Å². The summed E-state index contributed by atoms with van der Waals surface area (Å²) < 4.78 is 1.77. The molecule has 2 aromatic rings. The molecule has 1 aromatic carbocycles. The maximum Gasteiger partial charge on any atom is 0.321 e. The molecule has 1 heterocycles. The second kappa shape index (κ2) is 6.43. The fraction of sp³-hybridized carbons (Fsp3) is 0.286. The van der Waals surface area contributed by atoms with Crippen LogP contribution in [0.15, 0.2) is 36.7 Å². The number of aromatic nitrogens is 2. The molecule has 0 aliphatic carbocycles. The van der Waals surface area contributed by atoms with Crippen molar-refractivity contribution in [3.05, 3.63) is 47.2 Å². The third kappa shape index (κ3) is 3.74. The highest BCUT2D eigenvalue weighted by molar-refractivity contribution is 6.30. The number of amides is 2. The Hall–Kier alpha value is -2.01. The lowest BCUT2D eigenvalue weighted by molar-refractivity contribution is 0.224. The van der Waals surface area contributed by atoms with Gasteiger partial charge in [0.25, 0.3) is 0 Å². The second-order valence-electron chi connectivity index (χ2n) is 4.50. The zero-order valence-corrected chi connectivity index (χ0v) is 12.3. The number of carbonyl (C=O) groups excluding carboxylic acids is 1. The van der Waals surface area contributed by atoms with Crippen molar-refractivity contribution in [2.75, 3.05) is 18.9 Å². The van der Waals surface area contributed by atoms with Crippen LogP contribution in [0.2, 0.25) is 5.02 Å². The molecular formula is C14H17ClN4O. The monoisotopic (exact) mass is 292 g/mol. The standard InChI is InChI=1S/C14H17ClN4O/c1-3-18(2)14(20)17-13-8-16-19(10-13)9-11-4-6-12(15)7-5-11/h4-8,10H,3,9H2,1-2H3,(H,17,20). The summed E-state index contributed by atoms with van der Waals surface area (Å²) in [6.07, 6.45) is 3.44. The van der Waals surface area contributed by atoms with Crippen LogP contribution in [-0.2, 0) is 6.54 Å². The van der Waals surface area contributed by atoms with Crippen molar-refractivity contribution in [2.45, 2.75) is 13.5 Å². The molecule has 0 unspecified atom stereocenters. The summed E-state index contributed by atoms with van der Waals surface area (Å²) in [5.41, 5.74) is 1.78. The highest BCUT2D eigenvalue weighted by atomic mass is 35.5. The number of urea groups is 1. The topological polar surface area (TPSA) is 50.2 Å². The van der Waals surface area contributed by atoms with E-state index in [-0.39, 0.29) is 6.03 Å². The Labute approximate surface area is 123 Å². The molecule has 0 saturated heterocycles. The van der Waals surface area contributed by atoms with Crippen LogP contribution in [0, 0.1) is 0 Å². The first-order valence-corrected chi connectivity index (χ1v) is 6.75. The smallest absolute Gasteiger partial charge is 0.321 e. The molecular weight excluding hydrogens is 276 g/mol. The molecule has 6 heteroatoms. The third-order valence-corrected chi connectivity index (χ3v) is 3.22. The van der Waals surface area contributed by atoms with E-state index in [4.69, 9.17) is 11.6 Å². The first-order valence-electron chi connectivity index (χ1n) is 6.37. The van der Waals surface area contributed by atoms with Crippen LogP contribution in [0.3, 0.4) is 0 Å². The summed E-state index contributed by atoms with van der Waals surface area (Å²) in [7, 11) is 1.74. The number of hydrogen-bond acceptors (Lipinski definition) is 2. The van der Waals surface area contributed by atoms with Crippen molar-refractivity contribution in [2.24, 2.45) is 0 Å². The zero-order valence-electron chi connectivity index (χ0n) is 11.5. The Kier molecular flexibility index (Phi) is 4.63. The van der Waals surface area contributed by atoms with Crippen LogP contribution in [0.1, 0.15) is 12.5 Å². The number of anilines is 1. The number of rotatable bonds is 4. The van der Waals surface area contributed by atoms with E-state index in [1.807, 2.05) is 31.2 Å². The molecule has 2 rings (SSSR count). The van der Waals surface area contributed by atoms with Crippen molar-refractivity contribution >= 4 is 23.3 Å². The third-order valence-electron chi connectivity index (χ3n) is 2.96. The van der Waals surface area contributed by atoms with Gasteiger partial charge >= 0.3 is 6.03 Å². The molecule has 0 aliphatic heterocycles. The second-order valence-corrected chi connectivity index (χ2v) is 4.93. The van der Waals surface area contributed by atoms with Crippen molar-refractivity contribution in [1.29, 1.82) is 0 Å². The minimum Gasteiger partial charge on any atom is -0.328 e. The van der Waals surface area contributed by atoms with Gasteiger partial charge in [-0.3, -0.25) is 4.68 Å². The highest BCUT2D eigenvalue weighted by Gasteiger charge is 2.08. The van der Waals surface area contributed by atoms with Gasteiger partial charge in [-0.05, 0) is 24.6 Å². The maximum absolute atomic E-state index is 11.7. The van der Waals surface area contributed by atoms with Crippen LogP contribution < -0.4 is 5.32 Å². The fourth-order valence-corrected chi connectivity index (χ4v) is 1.78. The Morgan fingerprint density at radius 3 is 2.75 bits per heavy atom. The van der Waals surface area contributed by atoms with E-state index in [9.17, 15) is 4.79 Å². The van der Waals surface area contributed by atoms with Gasteiger partial charge in [-0.15, -0.1) is 0 Å². The Morgan fingerprint density at radius 1 is 1.40 bits per heavy atom. The number of nitrogens with zero attached hydrogens (tertiary/aromatic N) is 3. The van der Waals surface area contributed by atoms with E-state index in [1.54, 1.807) is 29.0 Å². The van der Waals surface area contributed by atoms with E-state index in [0.29, 0.717) is 23.8 Å². The molecule has 20 heavy (non-hydrogen) atoms. The highest BCUT2D eigenvalue weighted by Crippen LogP contribution is 2.12. The Bertz CT molecular complexity index is 579. The van der Waals surface area contributed by atoms with Gasteiger partial charge in [-0.2, -0.15) is 5.10 Å². The SMILES string of the molecule is CCN(C)C(=O)Nc1cnn(Cc2ccc(Cl)cc2)c1. The average Bonchev–Trinajstić information content (AvgIpc) is 2.87. The molecule has 0 radical (unpaired) electrons. The minimum atomic E-state index is -0.140. The molecule has 0 bridgehead atoms. The number of carbonyl (C=O) groups is 1. The molecule has 0 spiro atoms. The summed E-state index contributed by atoms with van der Waals surface area (Å²) in [6.45, 7) is 3.21. The van der Waals surface area contributed by atoms with Crippen LogP contribution >= 0.6 is 11.6 Å². The number of halogens is 1. The van der Waals surface area contributed by atoms with E-state index >= 15 is 0 Å². The molecule has 0 fully saturated rings. The first kappa shape index (κ1) is 14.4. The van der Waals surface area contributed by atoms with Gasteiger partial charge in [-0.25, -0.2) is 4.79 Å². The summed E-state index contributed by atoms with van der Waals surface area (Å²) in [6, 6.07) is 7.46. The number of hydrogen-bond donors (Lipinski definition) is 1. The van der Waals surface area contributed by atoms with Gasteiger partial charge in [-0.1, -0.05) is 23.7 Å². The predicted octanol–water partition coefficient (Wildman–Crippen LogP) is 3.07. The van der Waals surface area contributed by atoms with Crippen LogP contribution in [0.25, 0.3) is 0 Å².